The van der Waals surface area contributed by atoms with E-state index in [2.05, 4.69) is 18.3 Å². The molecule has 0 spiro atoms. The summed E-state index contributed by atoms with van der Waals surface area (Å²) in [6.07, 6.45) is -0.193. The highest BCUT2D eigenvalue weighted by molar-refractivity contribution is 6.30. The first kappa shape index (κ1) is 17.7. The Hall–Kier alpha value is -0.320. The minimum absolute atomic E-state index is 0. The van der Waals surface area contributed by atoms with Crippen LogP contribution < -0.4 is 5.32 Å². The molecule has 0 radical (unpaired) electrons. The zero-order valence-corrected chi connectivity index (χ0v) is 12.6. The van der Waals surface area contributed by atoms with Crippen LogP contribution in [0.2, 0.25) is 5.02 Å². The normalized spacial score (nSPS) is 12.3. The maximum Gasteiger partial charge on any atom is 0.169 e. The summed E-state index contributed by atoms with van der Waals surface area (Å²) in [5.41, 5.74) is 1.23. The van der Waals surface area contributed by atoms with Crippen molar-refractivity contribution in [3.8, 4) is 0 Å². The molecule has 0 bridgehead atoms. The number of halogens is 2. The van der Waals surface area contributed by atoms with Crippen LogP contribution in [-0.4, -0.2) is 33.6 Å². The second kappa shape index (κ2) is 9.59. The van der Waals surface area contributed by atoms with Crippen LogP contribution >= 0.6 is 24.0 Å². The Morgan fingerprint density at radius 3 is 2.44 bits per heavy atom. The van der Waals surface area contributed by atoms with E-state index in [1.165, 1.54) is 5.56 Å². The van der Waals surface area contributed by atoms with Gasteiger partial charge in [0.2, 0.25) is 0 Å². The molecule has 1 atom stereocenters. The van der Waals surface area contributed by atoms with Gasteiger partial charge in [0.15, 0.2) is 6.29 Å². The van der Waals surface area contributed by atoms with E-state index in [0.29, 0.717) is 12.5 Å². The Balaban J connectivity index is 0.00000289. The van der Waals surface area contributed by atoms with Crippen molar-refractivity contribution in [3.63, 3.8) is 0 Å². The molecule has 0 aliphatic heterocycles. The number of hydrogen-bond acceptors (Lipinski definition) is 3. The van der Waals surface area contributed by atoms with Crippen LogP contribution in [0.3, 0.4) is 0 Å². The first-order chi connectivity index (χ1) is 8.17. The molecule has 104 valence electrons. The lowest BCUT2D eigenvalue weighted by molar-refractivity contribution is -0.0987. The summed E-state index contributed by atoms with van der Waals surface area (Å²) in [5, 5.41) is 4.09. The van der Waals surface area contributed by atoms with Gasteiger partial charge in [-0.25, -0.2) is 0 Å². The van der Waals surface area contributed by atoms with Crippen molar-refractivity contribution in [2.75, 3.05) is 27.3 Å². The smallest absolute Gasteiger partial charge is 0.169 e. The van der Waals surface area contributed by atoms with E-state index in [9.17, 15) is 0 Å². The Morgan fingerprint density at radius 1 is 1.22 bits per heavy atom. The van der Waals surface area contributed by atoms with Crippen molar-refractivity contribution in [3.05, 3.63) is 34.9 Å². The van der Waals surface area contributed by atoms with E-state index in [4.69, 9.17) is 21.1 Å². The first-order valence-corrected chi connectivity index (χ1v) is 6.07. The van der Waals surface area contributed by atoms with Gasteiger partial charge in [0.05, 0.1) is 0 Å². The predicted octanol–water partition coefficient (Wildman–Crippen LogP) is 3.07. The van der Waals surface area contributed by atoms with Crippen molar-refractivity contribution < 1.29 is 9.47 Å². The standard InChI is InChI=1S/C13H20ClNO2.ClH/c1-10(8-15-9-13(16-2)17-3)11-5-4-6-12(14)7-11;/h4-7,10,13,15H,8-9H2,1-3H3;1H/t10-;/m0./s1. The lowest BCUT2D eigenvalue weighted by atomic mass is 10.0. The van der Waals surface area contributed by atoms with Gasteiger partial charge in [-0.2, -0.15) is 0 Å². The fourth-order valence-electron chi connectivity index (χ4n) is 1.61. The van der Waals surface area contributed by atoms with Gasteiger partial charge in [-0.1, -0.05) is 30.7 Å². The molecule has 0 fully saturated rings. The minimum atomic E-state index is -0.193. The molecule has 3 nitrogen and oxygen atoms in total. The van der Waals surface area contributed by atoms with Crippen molar-refractivity contribution in [1.29, 1.82) is 0 Å². The van der Waals surface area contributed by atoms with Crippen LogP contribution in [0.5, 0.6) is 0 Å². The van der Waals surface area contributed by atoms with Crippen molar-refractivity contribution in [2.24, 2.45) is 0 Å². The summed E-state index contributed by atoms with van der Waals surface area (Å²) >= 11 is 5.96. The molecule has 0 saturated heterocycles. The maximum atomic E-state index is 5.96. The average Bonchev–Trinajstić information content (AvgIpc) is 2.34. The molecule has 0 amide bonds. The molecule has 1 aromatic carbocycles. The molecule has 18 heavy (non-hydrogen) atoms. The molecule has 0 aromatic heterocycles. The molecule has 0 heterocycles. The van der Waals surface area contributed by atoms with E-state index < -0.39 is 0 Å². The highest BCUT2D eigenvalue weighted by atomic mass is 35.5. The molecule has 0 aliphatic carbocycles. The summed E-state index contributed by atoms with van der Waals surface area (Å²) in [5.74, 6) is 0.406. The fraction of sp³-hybridized carbons (Fsp3) is 0.538. The van der Waals surface area contributed by atoms with E-state index in [-0.39, 0.29) is 18.7 Å². The fourth-order valence-corrected chi connectivity index (χ4v) is 1.81. The molecule has 1 aromatic rings. The largest absolute Gasteiger partial charge is 0.355 e. The maximum absolute atomic E-state index is 5.96. The van der Waals surface area contributed by atoms with E-state index >= 15 is 0 Å². The molecular formula is C13H21Cl2NO2. The predicted molar refractivity (Wildman–Crippen MR) is 77.8 cm³/mol. The second-order valence-corrected chi connectivity index (χ2v) is 4.45. The van der Waals surface area contributed by atoms with Gasteiger partial charge in [0.1, 0.15) is 0 Å². The van der Waals surface area contributed by atoms with Gasteiger partial charge in [-0.05, 0) is 23.6 Å². The summed E-state index contributed by atoms with van der Waals surface area (Å²) < 4.78 is 10.2. The second-order valence-electron chi connectivity index (χ2n) is 4.02. The first-order valence-electron chi connectivity index (χ1n) is 5.69. The summed E-state index contributed by atoms with van der Waals surface area (Å²) in [4.78, 5) is 0. The third-order valence-electron chi connectivity index (χ3n) is 2.71. The van der Waals surface area contributed by atoms with E-state index in [1.54, 1.807) is 14.2 Å². The zero-order valence-electron chi connectivity index (χ0n) is 11.0. The molecule has 0 saturated carbocycles. The average molecular weight is 294 g/mol. The Kier molecular flexibility index (Phi) is 9.42. The van der Waals surface area contributed by atoms with Crippen molar-refractivity contribution in [1.82, 2.24) is 5.32 Å². The molecule has 0 aliphatic rings. The molecule has 5 heteroatoms. The minimum Gasteiger partial charge on any atom is -0.355 e. The van der Waals surface area contributed by atoms with Crippen molar-refractivity contribution >= 4 is 24.0 Å². The number of rotatable bonds is 7. The number of ether oxygens (including phenoxy) is 2. The van der Waals surface area contributed by atoms with Gasteiger partial charge in [-0.3, -0.25) is 0 Å². The highest BCUT2D eigenvalue weighted by Crippen LogP contribution is 2.18. The third-order valence-corrected chi connectivity index (χ3v) is 2.94. The van der Waals surface area contributed by atoms with Crippen LogP contribution in [0.4, 0.5) is 0 Å². The van der Waals surface area contributed by atoms with Gasteiger partial charge in [0, 0.05) is 32.3 Å². The summed E-state index contributed by atoms with van der Waals surface area (Å²) in [6.45, 7) is 3.70. The Bertz CT molecular complexity index is 333. The van der Waals surface area contributed by atoms with Crippen LogP contribution in [0.1, 0.15) is 18.4 Å². The lowest BCUT2D eigenvalue weighted by Crippen LogP contribution is -2.32. The zero-order chi connectivity index (χ0) is 12.7. The van der Waals surface area contributed by atoms with Crippen molar-refractivity contribution in [2.45, 2.75) is 19.1 Å². The molecule has 1 N–H and O–H groups in total. The number of nitrogens with one attached hydrogen (secondary N) is 1. The Morgan fingerprint density at radius 2 is 1.89 bits per heavy atom. The SMILES string of the molecule is COC(CNC[C@H](C)c1cccc(Cl)c1)OC.Cl. The van der Waals surface area contributed by atoms with E-state index in [0.717, 1.165) is 11.6 Å². The van der Waals surface area contributed by atoms with Crippen LogP contribution in [0.25, 0.3) is 0 Å². The van der Waals surface area contributed by atoms with Gasteiger partial charge in [0.25, 0.3) is 0 Å². The van der Waals surface area contributed by atoms with Gasteiger partial charge in [-0.15, -0.1) is 12.4 Å². The number of benzene rings is 1. The Labute approximate surface area is 120 Å². The van der Waals surface area contributed by atoms with Crippen LogP contribution in [0, 0.1) is 0 Å². The lowest BCUT2D eigenvalue weighted by Gasteiger charge is -2.17. The highest BCUT2D eigenvalue weighted by Gasteiger charge is 2.08. The van der Waals surface area contributed by atoms with Gasteiger partial charge >= 0.3 is 0 Å². The number of hydrogen-bond donors (Lipinski definition) is 1. The molecular weight excluding hydrogens is 273 g/mol. The van der Waals surface area contributed by atoms with Gasteiger partial charge < -0.3 is 14.8 Å². The third kappa shape index (κ3) is 6.03. The summed E-state index contributed by atoms with van der Waals surface area (Å²) in [6, 6.07) is 7.94. The van der Waals surface area contributed by atoms with E-state index in [1.807, 2.05) is 18.2 Å². The molecule has 0 unspecified atom stereocenters. The molecule has 1 rings (SSSR count). The summed E-state index contributed by atoms with van der Waals surface area (Å²) in [7, 11) is 3.27. The van der Waals surface area contributed by atoms with Crippen LogP contribution in [0.15, 0.2) is 24.3 Å². The quantitative estimate of drug-likeness (QED) is 0.784. The number of methoxy groups -OCH3 is 2. The monoisotopic (exact) mass is 293 g/mol. The van der Waals surface area contributed by atoms with Crippen LogP contribution in [-0.2, 0) is 9.47 Å². The topological polar surface area (TPSA) is 30.5 Å².